The maximum atomic E-state index is 5.64. The van der Waals surface area contributed by atoms with Crippen molar-refractivity contribution in [2.24, 2.45) is 0 Å². The van der Waals surface area contributed by atoms with Crippen LogP contribution in [0.3, 0.4) is 0 Å². The number of aryl methyl sites for hydroxylation is 2. The first kappa shape index (κ1) is 11.1. The van der Waals surface area contributed by atoms with Crippen LogP contribution in [-0.2, 0) is 0 Å². The SMILES string of the molecule is Cc1ccc(Oc2ccc(Br)cn2)cc1C. The van der Waals surface area contributed by atoms with Gasteiger partial charge in [0.1, 0.15) is 5.75 Å². The number of pyridine rings is 1. The number of rotatable bonds is 2. The van der Waals surface area contributed by atoms with Crippen molar-refractivity contribution in [2.75, 3.05) is 0 Å². The molecule has 0 aliphatic rings. The summed E-state index contributed by atoms with van der Waals surface area (Å²) in [6.07, 6.45) is 1.72. The van der Waals surface area contributed by atoms with E-state index in [9.17, 15) is 0 Å². The minimum atomic E-state index is 0.603. The molecule has 1 heterocycles. The zero-order chi connectivity index (χ0) is 11.5. The van der Waals surface area contributed by atoms with Crippen LogP contribution in [0, 0.1) is 13.8 Å². The van der Waals surface area contributed by atoms with Crippen molar-refractivity contribution < 1.29 is 4.74 Å². The van der Waals surface area contributed by atoms with Gasteiger partial charge in [-0.15, -0.1) is 0 Å². The molecule has 0 unspecified atom stereocenters. The number of halogens is 1. The lowest BCUT2D eigenvalue weighted by Crippen LogP contribution is -1.89. The first-order chi connectivity index (χ1) is 7.65. The van der Waals surface area contributed by atoms with Crippen molar-refractivity contribution in [2.45, 2.75) is 13.8 Å². The minimum Gasteiger partial charge on any atom is -0.439 e. The Balaban J connectivity index is 2.20. The van der Waals surface area contributed by atoms with Crippen molar-refractivity contribution >= 4 is 15.9 Å². The molecule has 0 saturated heterocycles. The van der Waals surface area contributed by atoms with E-state index in [-0.39, 0.29) is 0 Å². The van der Waals surface area contributed by atoms with Crippen molar-refractivity contribution in [3.05, 3.63) is 52.1 Å². The monoisotopic (exact) mass is 277 g/mol. The van der Waals surface area contributed by atoms with Crippen LogP contribution < -0.4 is 4.74 Å². The Morgan fingerprint density at radius 1 is 1.06 bits per heavy atom. The zero-order valence-corrected chi connectivity index (χ0v) is 10.8. The highest BCUT2D eigenvalue weighted by molar-refractivity contribution is 9.10. The molecule has 1 aromatic heterocycles. The summed E-state index contributed by atoms with van der Waals surface area (Å²) in [6.45, 7) is 4.15. The molecule has 0 saturated carbocycles. The lowest BCUT2D eigenvalue weighted by molar-refractivity contribution is 0.462. The highest BCUT2D eigenvalue weighted by atomic mass is 79.9. The Labute approximate surface area is 103 Å². The quantitative estimate of drug-likeness (QED) is 0.819. The predicted molar refractivity (Wildman–Crippen MR) is 67.9 cm³/mol. The smallest absolute Gasteiger partial charge is 0.219 e. The third-order valence-corrected chi connectivity index (χ3v) is 2.87. The van der Waals surface area contributed by atoms with E-state index >= 15 is 0 Å². The van der Waals surface area contributed by atoms with E-state index in [0.29, 0.717) is 5.88 Å². The maximum Gasteiger partial charge on any atom is 0.219 e. The summed E-state index contributed by atoms with van der Waals surface area (Å²) in [6, 6.07) is 9.75. The van der Waals surface area contributed by atoms with Crippen molar-refractivity contribution in [1.29, 1.82) is 0 Å². The van der Waals surface area contributed by atoms with Crippen molar-refractivity contribution in [1.82, 2.24) is 4.98 Å². The molecule has 3 heteroatoms. The molecule has 82 valence electrons. The van der Waals surface area contributed by atoms with E-state index in [1.54, 1.807) is 6.20 Å². The number of ether oxygens (including phenoxy) is 1. The molecule has 0 fully saturated rings. The number of nitrogens with zero attached hydrogens (tertiary/aromatic N) is 1. The van der Waals surface area contributed by atoms with Gasteiger partial charge < -0.3 is 4.74 Å². The molecule has 0 N–H and O–H groups in total. The molecule has 0 atom stereocenters. The van der Waals surface area contributed by atoms with Crippen LogP contribution in [0.2, 0.25) is 0 Å². The molecule has 0 bridgehead atoms. The second-order valence-corrected chi connectivity index (χ2v) is 4.58. The third-order valence-electron chi connectivity index (χ3n) is 2.40. The Hall–Kier alpha value is -1.35. The number of hydrogen-bond acceptors (Lipinski definition) is 2. The van der Waals surface area contributed by atoms with Crippen molar-refractivity contribution in [3.63, 3.8) is 0 Å². The van der Waals surface area contributed by atoms with Crippen LogP contribution >= 0.6 is 15.9 Å². The van der Waals surface area contributed by atoms with Crippen LogP contribution in [0.1, 0.15) is 11.1 Å². The molecule has 2 rings (SSSR count). The van der Waals surface area contributed by atoms with Gasteiger partial charge in [-0.25, -0.2) is 4.98 Å². The van der Waals surface area contributed by atoms with Gasteiger partial charge in [0.05, 0.1) is 0 Å². The van der Waals surface area contributed by atoms with E-state index in [1.165, 1.54) is 11.1 Å². The van der Waals surface area contributed by atoms with Crippen LogP contribution in [0.4, 0.5) is 0 Å². The number of aromatic nitrogens is 1. The fourth-order valence-electron chi connectivity index (χ4n) is 1.32. The van der Waals surface area contributed by atoms with Gasteiger partial charge in [-0.05, 0) is 59.1 Å². The second kappa shape index (κ2) is 4.66. The first-order valence-electron chi connectivity index (χ1n) is 5.02. The second-order valence-electron chi connectivity index (χ2n) is 3.66. The fraction of sp³-hybridized carbons (Fsp3) is 0.154. The van der Waals surface area contributed by atoms with E-state index in [1.807, 2.05) is 30.3 Å². The summed E-state index contributed by atoms with van der Waals surface area (Å²) < 4.78 is 6.58. The molecule has 1 aromatic carbocycles. The van der Waals surface area contributed by atoms with Crippen molar-refractivity contribution in [3.8, 4) is 11.6 Å². The van der Waals surface area contributed by atoms with Crippen LogP contribution in [0.15, 0.2) is 41.0 Å². The molecular weight excluding hydrogens is 266 g/mol. The average molecular weight is 278 g/mol. The van der Waals surface area contributed by atoms with Gasteiger partial charge in [-0.1, -0.05) is 6.07 Å². The molecule has 2 nitrogen and oxygen atoms in total. The molecule has 0 aliphatic carbocycles. The molecule has 16 heavy (non-hydrogen) atoms. The molecular formula is C13H12BrNO. The lowest BCUT2D eigenvalue weighted by atomic mass is 10.1. The van der Waals surface area contributed by atoms with E-state index in [4.69, 9.17) is 4.74 Å². The maximum absolute atomic E-state index is 5.64. The van der Waals surface area contributed by atoms with Crippen LogP contribution in [0.25, 0.3) is 0 Å². The summed E-state index contributed by atoms with van der Waals surface area (Å²) in [4.78, 5) is 4.16. The first-order valence-corrected chi connectivity index (χ1v) is 5.81. The largest absolute Gasteiger partial charge is 0.439 e. The summed E-state index contributed by atoms with van der Waals surface area (Å²) in [5.41, 5.74) is 2.48. The molecule has 0 spiro atoms. The summed E-state index contributed by atoms with van der Waals surface area (Å²) >= 11 is 3.33. The lowest BCUT2D eigenvalue weighted by Gasteiger charge is -2.06. The average Bonchev–Trinajstić information content (AvgIpc) is 2.27. The zero-order valence-electron chi connectivity index (χ0n) is 9.20. The Kier molecular flexibility index (Phi) is 3.25. The Bertz CT molecular complexity index is 494. The van der Waals surface area contributed by atoms with Gasteiger partial charge in [0.2, 0.25) is 5.88 Å². The Morgan fingerprint density at radius 2 is 1.88 bits per heavy atom. The molecule has 0 aliphatic heterocycles. The standard InChI is InChI=1S/C13H12BrNO/c1-9-3-5-12(7-10(9)2)16-13-6-4-11(14)8-15-13/h3-8H,1-2H3. The number of hydrogen-bond donors (Lipinski definition) is 0. The molecule has 0 radical (unpaired) electrons. The third kappa shape index (κ3) is 2.61. The van der Waals surface area contributed by atoms with Gasteiger partial charge in [0, 0.05) is 16.7 Å². The van der Waals surface area contributed by atoms with Gasteiger partial charge in [-0.3, -0.25) is 0 Å². The van der Waals surface area contributed by atoms with Gasteiger partial charge in [-0.2, -0.15) is 0 Å². The van der Waals surface area contributed by atoms with Gasteiger partial charge in [0.25, 0.3) is 0 Å². The summed E-state index contributed by atoms with van der Waals surface area (Å²) in [5.74, 6) is 1.42. The minimum absolute atomic E-state index is 0.603. The van der Waals surface area contributed by atoms with E-state index in [2.05, 4.69) is 34.8 Å². The molecule has 2 aromatic rings. The van der Waals surface area contributed by atoms with Gasteiger partial charge in [0.15, 0.2) is 0 Å². The Morgan fingerprint density at radius 3 is 2.50 bits per heavy atom. The number of benzene rings is 1. The highest BCUT2D eigenvalue weighted by Gasteiger charge is 2.00. The van der Waals surface area contributed by atoms with Gasteiger partial charge >= 0.3 is 0 Å². The summed E-state index contributed by atoms with van der Waals surface area (Å²) in [5, 5.41) is 0. The van der Waals surface area contributed by atoms with Crippen LogP contribution in [0.5, 0.6) is 11.6 Å². The van der Waals surface area contributed by atoms with E-state index < -0.39 is 0 Å². The highest BCUT2D eigenvalue weighted by Crippen LogP contribution is 2.22. The molecule has 0 amide bonds. The predicted octanol–water partition coefficient (Wildman–Crippen LogP) is 4.25. The topological polar surface area (TPSA) is 22.1 Å². The van der Waals surface area contributed by atoms with Crippen LogP contribution in [-0.4, -0.2) is 4.98 Å². The normalized spacial score (nSPS) is 10.2. The van der Waals surface area contributed by atoms with E-state index in [0.717, 1.165) is 10.2 Å². The fourth-order valence-corrected chi connectivity index (χ4v) is 1.56. The summed E-state index contributed by atoms with van der Waals surface area (Å²) in [7, 11) is 0.